The Balaban J connectivity index is 1.58. The summed E-state index contributed by atoms with van der Waals surface area (Å²) in [6, 6.07) is 14.1. The third kappa shape index (κ3) is 4.32. The van der Waals surface area contributed by atoms with Crippen LogP contribution >= 0.6 is 0 Å². The third-order valence-corrected chi connectivity index (χ3v) is 5.50. The van der Waals surface area contributed by atoms with E-state index in [2.05, 4.69) is 5.32 Å². The van der Waals surface area contributed by atoms with Gasteiger partial charge in [-0.25, -0.2) is 8.42 Å². The van der Waals surface area contributed by atoms with Crippen LogP contribution in [-0.4, -0.2) is 32.9 Å². The van der Waals surface area contributed by atoms with E-state index in [1.54, 1.807) is 0 Å². The molecule has 0 heterocycles. The van der Waals surface area contributed by atoms with E-state index in [0.717, 1.165) is 29.2 Å². The summed E-state index contributed by atoms with van der Waals surface area (Å²) in [4.78, 5) is 12.1. The Bertz CT molecular complexity index is 838. The number of benzene rings is 2. The van der Waals surface area contributed by atoms with Gasteiger partial charge in [0.05, 0.1) is 12.2 Å². The third-order valence-electron chi connectivity index (χ3n) is 4.36. The number of fused-ring (bicyclic) bond motifs is 1. The highest BCUT2D eigenvalue weighted by Gasteiger charge is 2.45. The summed E-state index contributed by atoms with van der Waals surface area (Å²) in [6.07, 6.45) is 3.32. The van der Waals surface area contributed by atoms with Gasteiger partial charge in [0.25, 0.3) is 0 Å². The molecule has 3 rings (SSSR count). The second kappa shape index (κ2) is 5.96. The van der Waals surface area contributed by atoms with Crippen molar-refractivity contribution in [1.29, 1.82) is 0 Å². The van der Waals surface area contributed by atoms with E-state index in [1.807, 2.05) is 42.5 Å². The minimum Gasteiger partial charge on any atom is -0.355 e. The van der Waals surface area contributed by atoms with Crippen molar-refractivity contribution < 1.29 is 13.2 Å². The molecule has 0 spiro atoms. The van der Waals surface area contributed by atoms with E-state index in [1.165, 1.54) is 6.26 Å². The topological polar surface area (TPSA) is 63.2 Å². The molecule has 0 atom stereocenters. The largest absolute Gasteiger partial charge is 0.355 e. The van der Waals surface area contributed by atoms with Crippen molar-refractivity contribution in [3.63, 3.8) is 0 Å². The van der Waals surface area contributed by atoms with Crippen LogP contribution in [0.2, 0.25) is 0 Å². The summed E-state index contributed by atoms with van der Waals surface area (Å²) < 4.78 is 22.9. The van der Waals surface area contributed by atoms with E-state index >= 15 is 0 Å². The minimum atomic E-state index is -3.00. The van der Waals surface area contributed by atoms with Gasteiger partial charge in [0.15, 0.2) is 0 Å². The van der Waals surface area contributed by atoms with Crippen molar-refractivity contribution in [3.8, 4) is 0 Å². The van der Waals surface area contributed by atoms with E-state index in [9.17, 15) is 13.2 Å². The number of hydrogen-bond acceptors (Lipinski definition) is 3. The van der Waals surface area contributed by atoms with Crippen LogP contribution in [0.15, 0.2) is 42.5 Å². The summed E-state index contributed by atoms with van der Waals surface area (Å²) in [5, 5.41) is 5.17. The van der Waals surface area contributed by atoms with Gasteiger partial charge in [0, 0.05) is 18.2 Å². The fourth-order valence-corrected chi connectivity index (χ4v) is 4.49. The van der Waals surface area contributed by atoms with Crippen LogP contribution in [0.3, 0.4) is 0 Å². The molecule has 1 N–H and O–H groups in total. The SMILES string of the molecule is CS(=O)(=O)CC1(CNC(=O)Cc2ccc3ccccc3c2)CC1. The number of sulfone groups is 1. The molecule has 0 aromatic heterocycles. The Kier molecular flexibility index (Phi) is 4.15. The monoisotopic (exact) mass is 331 g/mol. The first-order chi connectivity index (χ1) is 10.9. The summed E-state index contributed by atoms with van der Waals surface area (Å²) in [5.74, 6) is 0.107. The highest BCUT2D eigenvalue weighted by molar-refractivity contribution is 7.90. The highest BCUT2D eigenvalue weighted by atomic mass is 32.2. The highest BCUT2D eigenvalue weighted by Crippen LogP contribution is 2.46. The van der Waals surface area contributed by atoms with Crippen LogP contribution in [0.5, 0.6) is 0 Å². The fraction of sp³-hybridized carbons (Fsp3) is 0.389. The van der Waals surface area contributed by atoms with Gasteiger partial charge in [-0.05, 0) is 29.2 Å². The average molecular weight is 331 g/mol. The fourth-order valence-electron chi connectivity index (χ4n) is 2.99. The zero-order valence-electron chi connectivity index (χ0n) is 13.2. The first kappa shape index (κ1) is 16.0. The molecule has 0 aliphatic heterocycles. The Morgan fingerprint density at radius 2 is 1.83 bits per heavy atom. The quantitative estimate of drug-likeness (QED) is 0.883. The second-order valence-corrected chi connectivity index (χ2v) is 8.85. The van der Waals surface area contributed by atoms with Gasteiger partial charge in [0.1, 0.15) is 9.84 Å². The summed E-state index contributed by atoms with van der Waals surface area (Å²) in [6.45, 7) is 0.451. The molecule has 1 aliphatic carbocycles. The van der Waals surface area contributed by atoms with E-state index in [0.29, 0.717) is 13.0 Å². The maximum Gasteiger partial charge on any atom is 0.224 e. The molecule has 0 saturated heterocycles. The van der Waals surface area contributed by atoms with Crippen molar-refractivity contribution in [3.05, 3.63) is 48.0 Å². The average Bonchev–Trinajstić information content (AvgIpc) is 3.23. The molecule has 1 fully saturated rings. The number of carbonyl (C=O) groups is 1. The molecule has 0 unspecified atom stereocenters. The minimum absolute atomic E-state index is 0.0555. The van der Waals surface area contributed by atoms with E-state index < -0.39 is 9.84 Å². The van der Waals surface area contributed by atoms with Crippen molar-refractivity contribution in [2.45, 2.75) is 19.3 Å². The van der Waals surface area contributed by atoms with Crippen LogP contribution in [0.25, 0.3) is 10.8 Å². The van der Waals surface area contributed by atoms with Crippen LogP contribution in [-0.2, 0) is 21.1 Å². The summed E-state index contributed by atoms with van der Waals surface area (Å²) in [7, 11) is -3.00. The smallest absolute Gasteiger partial charge is 0.224 e. The van der Waals surface area contributed by atoms with Gasteiger partial charge >= 0.3 is 0 Å². The number of amides is 1. The molecule has 4 nitrogen and oxygen atoms in total. The van der Waals surface area contributed by atoms with Crippen LogP contribution in [0, 0.1) is 5.41 Å². The molecule has 1 amide bonds. The van der Waals surface area contributed by atoms with Gasteiger partial charge in [-0.15, -0.1) is 0 Å². The molecule has 122 valence electrons. The molecule has 1 saturated carbocycles. The first-order valence-corrected chi connectivity index (χ1v) is 9.84. The lowest BCUT2D eigenvalue weighted by atomic mass is 10.0. The van der Waals surface area contributed by atoms with Crippen molar-refractivity contribution in [1.82, 2.24) is 5.32 Å². The van der Waals surface area contributed by atoms with Crippen molar-refractivity contribution >= 4 is 26.5 Å². The normalized spacial score (nSPS) is 16.2. The predicted octanol–water partition coefficient (Wildman–Crippen LogP) is 2.32. The van der Waals surface area contributed by atoms with Gasteiger partial charge < -0.3 is 5.32 Å². The molecule has 5 heteroatoms. The molecular formula is C18H21NO3S. The number of rotatable bonds is 6. The van der Waals surface area contributed by atoms with Gasteiger partial charge in [-0.3, -0.25) is 4.79 Å². The van der Waals surface area contributed by atoms with Crippen LogP contribution in [0.4, 0.5) is 0 Å². The van der Waals surface area contributed by atoms with Gasteiger partial charge in [0.2, 0.25) is 5.91 Å². The van der Waals surface area contributed by atoms with Crippen LogP contribution < -0.4 is 5.32 Å². The first-order valence-electron chi connectivity index (χ1n) is 7.77. The molecular weight excluding hydrogens is 310 g/mol. The molecule has 2 aromatic carbocycles. The van der Waals surface area contributed by atoms with Crippen molar-refractivity contribution in [2.24, 2.45) is 5.41 Å². The standard InChI is InChI=1S/C18H21NO3S/c1-23(21,22)13-18(8-9-18)12-19-17(20)11-14-6-7-15-4-2-3-5-16(15)10-14/h2-7,10H,8-9,11-13H2,1H3,(H,19,20). The summed E-state index contributed by atoms with van der Waals surface area (Å²) in [5.41, 5.74) is 0.737. The van der Waals surface area contributed by atoms with Crippen LogP contribution in [0.1, 0.15) is 18.4 Å². The van der Waals surface area contributed by atoms with Crippen molar-refractivity contribution in [2.75, 3.05) is 18.6 Å². The lowest BCUT2D eigenvalue weighted by Gasteiger charge is -2.15. The maximum atomic E-state index is 12.1. The molecule has 2 aromatic rings. The van der Waals surface area contributed by atoms with Gasteiger partial charge in [-0.1, -0.05) is 42.5 Å². The Hall–Kier alpha value is -1.88. The Labute approximate surface area is 136 Å². The molecule has 0 radical (unpaired) electrons. The predicted molar refractivity (Wildman–Crippen MR) is 92.0 cm³/mol. The zero-order valence-corrected chi connectivity index (χ0v) is 14.0. The molecule has 1 aliphatic rings. The van der Waals surface area contributed by atoms with Gasteiger partial charge in [-0.2, -0.15) is 0 Å². The maximum absolute atomic E-state index is 12.1. The number of hydrogen-bond donors (Lipinski definition) is 1. The van der Waals surface area contributed by atoms with E-state index in [-0.39, 0.29) is 17.1 Å². The number of carbonyl (C=O) groups excluding carboxylic acids is 1. The lowest BCUT2D eigenvalue weighted by Crippen LogP contribution is -2.34. The zero-order chi connectivity index (χ0) is 16.5. The number of nitrogens with one attached hydrogen (secondary N) is 1. The second-order valence-electron chi connectivity index (χ2n) is 6.71. The Morgan fingerprint density at radius 3 is 2.48 bits per heavy atom. The Morgan fingerprint density at radius 1 is 1.13 bits per heavy atom. The molecule has 0 bridgehead atoms. The molecule has 23 heavy (non-hydrogen) atoms. The van der Waals surface area contributed by atoms with E-state index in [4.69, 9.17) is 0 Å². The lowest BCUT2D eigenvalue weighted by molar-refractivity contribution is -0.120. The summed E-state index contributed by atoms with van der Waals surface area (Å²) >= 11 is 0.